The Hall–Kier alpha value is -2.57. The Bertz CT molecular complexity index is 913. The SMILES string of the molecule is COc1ccc(C2(C(=O)N(CCc3cccs3)Cc3ccoc3)CCOCC2)cc1. The van der Waals surface area contributed by atoms with Crippen LogP contribution in [0.4, 0.5) is 0 Å². The standard InChI is InChI=1S/C24H27NO4S/c1-27-21-6-4-20(5-7-21)24(10-14-28-15-11-24)23(26)25(17-19-9-13-29-18-19)12-8-22-3-2-16-30-22/h2-7,9,13,16,18H,8,10-12,14-15,17H2,1H3. The Balaban J connectivity index is 1.63. The molecular formula is C24H27NO4S. The van der Waals surface area contributed by atoms with E-state index in [0.29, 0.717) is 39.1 Å². The molecule has 1 amide bonds. The number of thiophene rings is 1. The second-order valence-corrected chi connectivity index (χ2v) is 8.64. The van der Waals surface area contributed by atoms with Crippen LogP contribution in [0, 0.1) is 0 Å². The molecule has 0 bridgehead atoms. The van der Waals surface area contributed by atoms with Crippen molar-refractivity contribution in [2.45, 2.75) is 31.2 Å². The molecule has 4 rings (SSSR count). The number of amides is 1. The molecule has 0 atom stereocenters. The molecule has 2 aromatic heterocycles. The van der Waals surface area contributed by atoms with Crippen molar-refractivity contribution >= 4 is 17.2 Å². The first-order valence-corrected chi connectivity index (χ1v) is 11.1. The van der Waals surface area contributed by atoms with Crippen molar-refractivity contribution < 1.29 is 18.7 Å². The number of hydrogen-bond donors (Lipinski definition) is 0. The molecule has 0 saturated carbocycles. The van der Waals surface area contributed by atoms with Crippen LogP contribution < -0.4 is 4.74 Å². The minimum Gasteiger partial charge on any atom is -0.497 e. The highest BCUT2D eigenvalue weighted by molar-refractivity contribution is 7.09. The lowest BCUT2D eigenvalue weighted by Crippen LogP contribution is -2.50. The summed E-state index contributed by atoms with van der Waals surface area (Å²) in [6, 6.07) is 14.0. The largest absolute Gasteiger partial charge is 0.497 e. The maximum atomic E-state index is 14.1. The van der Waals surface area contributed by atoms with Gasteiger partial charge in [-0.25, -0.2) is 0 Å². The van der Waals surface area contributed by atoms with E-state index in [0.717, 1.165) is 23.3 Å². The minimum atomic E-state index is -0.580. The number of carbonyl (C=O) groups is 1. The lowest BCUT2D eigenvalue weighted by molar-refractivity contribution is -0.142. The Morgan fingerprint density at radius 3 is 2.60 bits per heavy atom. The van der Waals surface area contributed by atoms with Gasteiger partial charge in [-0.2, -0.15) is 0 Å². The van der Waals surface area contributed by atoms with Gasteiger partial charge in [-0.05, 0) is 54.5 Å². The van der Waals surface area contributed by atoms with Crippen LogP contribution in [-0.4, -0.2) is 37.7 Å². The van der Waals surface area contributed by atoms with Gasteiger partial charge in [0.05, 0.1) is 25.1 Å². The maximum absolute atomic E-state index is 14.1. The first kappa shape index (κ1) is 20.7. The Morgan fingerprint density at radius 2 is 1.97 bits per heavy atom. The summed E-state index contributed by atoms with van der Waals surface area (Å²) in [5.74, 6) is 0.954. The van der Waals surface area contributed by atoms with Crippen LogP contribution in [0.3, 0.4) is 0 Å². The molecule has 0 spiro atoms. The zero-order valence-corrected chi connectivity index (χ0v) is 18.0. The van der Waals surface area contributed by atoms with Crippen molar-refractivity contribution in [3.8, 4) is 5.75 Å². The second-order valence-electron chi connectivity index (χ2n) is 7.61. The summed E-state index contributed by atoms with van der Waals surface area (Å²) in [4.78, 5) is 17.3. The van der Waals surface area contributed by atoms with Crippen LogP contribution in [0.2, 0.25) is 0 Å². The smallest absolute Gasteiger partial charge is 0.233 e. The summed E-state index contributed by atoms with van der Waals surface area (Å²) in [5.41, 5.74) is 1.46. The quantitative estimate of drug-likeness (QED) is 0.526. The average molecular weight is 426 g/mol. The molecular weight excluding hydrogens is 398 g/mol. The number of nitrogens with zero attached hydrogens (tertiary/aromatic N) is 1. The van der Waals surface area contributed by atoms with Crippen LogP contribution in [-0.2, 0) is 27.9 Å². The number of methoxy groups -OCH3 is 1. The third kappa shape index (κ3) is 4.45. The molecule has 0 unspecified atom stereocenters. The normalized spacial score (nSPS) is 15.6. The summed E-state index contributed by atoms with van der Waals surface area (Å²) in [6.07, 6.45) is 5.58. The first-order valence-electron chi connectivity index (χ1n) is 10.3. The summed E-state index contributed by atoms with van der Waals surface area (Å²) >= 11 is 1.73. The molecule has 3 heterocycles. The molecule has 1 fully saturated rings. The monoisotopic (exact) mass is 425 g/mol. The molecule has 3 aromatic rings. The van der Waals surface area contributed by atoms with Gasteiger partial charge in [0.25, 0.3) is 0 Å². The molecule has 158 valence electrons. The van der Waals surface area contributed by atoms with E-state index in [1.807, 2.05) is 35.2 Å². The molecule has 0 aliphatic carbocycles. The molecule has 6 heteroatoms. The summed E-state index contributed by atoms with van der Waals surface area (Å²) in [6.45, 7) is 2.38. The van der Waals surface area contributed by atoms with Gasteiger partial charge in [0.2, 0.25) is 5.91 Å². The molecule has 1 aliphatic heterocycles. The predicted octanol–water partition coefficient (Wildman–Crippen LogP) is 4.67. The highest BCUT2D eigenvalue weighted by Gasteiger charge is 2.44. The summed E-state index contributed by atoms with van der Waals surface area (Å²) in [7, 11) is 1.65. The average Bonchev–Trinajstić information content (AvgIpc) is 3.51. The van der Waals surface area contributed by atoms with Gasteiger partial charge >= 0.3 is 0 Å². The van der Waals surface area contributed by atoms with Crippen LogP contribution in [0.25, 0.3) is 0 Å². The molecule has 1 saturated heterocycles. The molecule has 0 N–H and O–H groups in total. The van der Waals surface area contributed by atoms with Crippen molar-refractivity contribution in [1.29, 1.82) is 0 Å². The fourth-order valence-corrected chi connectivity index (χ4v) is 4.81. The van der Waals surface area contributed by atoms with Crippen molar-refractivity contribution in [2.75, 3.05) is 26.9 Å². The topological polar surface area (TPSA) is 51.9 Å². The van der Waals surface area contributed by atoms with Crippen LogP contribution in [0.1, 0.15) is 28.8 Å². The van der Waals surface area contributed by atoms with E-state index in [4.69, 9.17) is 13.9 Å². The maximum Gasteiger partial charge on any atom is 0.233 e. The van der Waals surface area contributed by atoms with Gasteiger partial charge < -0.3 is 18.8 Å². The van der Waals surface area contributed by atoms with Gasteiger partial charge in [0, 0.05) is 36.7 Å². The number of rotatable bonds is 8. The Kier molecular flexibility index (Phi) is 6.55. The van der Waals surface area contributed by atoms with Gasteiger partial charge in [-0.1, -0.05) is 18.2 Å². The fourth-order valence-electron chi connectivity index (χ4n) is 4.11. The minimum absolute atomic E-state index is 0.161. The van der Waals surface area contributed by atoms with Gasteiger partial charge in [-0.3, -0.25) is 4.79 Å². The second kappa shape index (κ2) is 9.49. The van der Waals surface area contributed by atoms with Crippen LogP contribution in [0.15, 0.2) is 64.8 Å². The highest BCUT2D eigenvalue weighted by Crippen LogP contribution is 2.38. The van der Waals surface area contributed by atoms with Gasteiger partial charge in [0.15, 0.2) is 0 Å². The van der Waals surface area contributed by atoms with Crippen molar-refractivity contribution in [3.63, 3.8) is 0 Å². The van der Waals surface area contributed by atoms with E-state index in [-0.39, 0.29) is 5.91 Å². The molecule has 30 heavy (non-hydrogen) atoms. The van der Waals surface area contributed by atoms with E-state index in [1.54, 1.807) is 31.0 Å². The van der Waals surface area contributed by atoms with E-state index in [2.05, 4.69) is 17.5 Å². The van der Waals surface area contributed by atoms with Crippen molar-refractivity contribution in [1.82, 2.24) is 4.90 Å². The zero-order chi connectivity index (χ0) is 20.8. The lowest BCUT2D eigenvalue weighted by atomic mass is 9.73. The van der Waals surface area contributed by atoms with Crippen molar-refractivity contribution in [2.24, 2.45) is 0 Å². The van der Waals surface area contributed by atoms with Crippen molar-refractivity contribution in [3.05, 3.63) is 76.4 Å². The first-order chi connectivity index (χ1) is 14.7. The molecule has 1 aromatic carbocycles. The summed E-state index contributed by atoms with van der Waals surface area (Å²) in [5, 5.41) is 2.08. The third-order valence-corrected chi connectivity index (χ3v) is 6.78. The lowest BCUT2D eigenvalue weighted by Gasteiger charge is -2.40. The van der Waals surface area contributed by atoms with Crippen LogP contribution >= 0.6 is 11.3 Å². The Morgan fingerprint density at radius 1 is 1.17 bits per heavy atom. The van der Waals surface area contributed by atoms with Gasteiger partial charge in [0.1, 0.15) is 5.75 Å². The van der Waals surface area contributed by atoms with Crippen LogP contribution in [0.5, 0.6) is 5.75 Å². The number of benzene rings is 1. The molecule has 5 nitrogen and oxygen atoms in total. The zero-order valence-electron chi connectivity index (χ0n) is 17.2. The number of hydrogen-bond acceptors (Lipinski definition) is 5. The number of carbonyl (C=O) groups excluding carboxylic acids is 1. The van der Waals surface area contributed by atoms with Gasteiger partial charge in [-0.15, -0.1) is 11.3 Å². The van der Waals surface area contributed by atoms with E-state index in [1.165, 1.54) is 4.88 Å². The highest BCUT2D eigenvalue weighted by atomic mass is 32.1. The predicted molar refractivity (Wildman–Crippen MR) is 117 cm³/mol. The van der Waals surface area contributed by atoms with E-state index in [9.17, 15) is 4.79 Å². The number of ether oxygens (including phenoxy) is 2. The Labute approximate surface area is 181 Å². The number of furan rings is 1. The van der Waals surface area contributed by atoms with E-state index >= 15 is 0 Å². The summed E-state index contributed by atoms with van der Waals surface area (Å²) < 4.78 is 16.2. The molecule has 1 aliphatic rings. The fraction of sp³-hybridized carbons (Fsp3) is 0.375. The van der Waals surface area contributed by atoms with E-state index < -0.39 is 5.41 Å². The molecule has 0 radical (unpaired) electrons. The third-order valence-electron chi connectivity index (χ3n) is 5.85.